The van der Waals surface area contributed by atoms with Crippen LogP contribution in [0.15, 0.2) is 23.1 Å². The lowest BCUT2D eigenvalue weighted by atomic mass is 10.1. The molecular weight excluding hydrogens is 378 g/mol. The number of nitrogens with one attached hydrogen (secondary N) is 1. The second-order valence-electron chi connectivity index (χ2n) is 5.78. The van der Waals surface area contributed by atoms with Crippen LogP contribution < -0.4 is 15.2 Å². The first-order chi connectivity index (χ1) is 11.7. The Balaban J connectivity index is 2.13. The van der Waals surface area contributed by atoms with Gasteiger partial charge in [-0.15, -0.1) is 0 Å². The summed E-state index contributed by atoms with van der Waals surface area (Å²) < 4.78 is 64.1. The topological polar surface area (TPSA) is 90.7 Å². The average Bonchev–Trinajstić information content (AvgIpc) is 2.60. The van der Waals surface area contributed by atoms with Gasteiger partial charge in [0.25, 0.3) is 5.92 Å². The highest BCUT2D eigenvalue weighted by Gasteiger charge is 2.30. The quantitative estimate of drug-likeness (QED) is 0.700. The highest BCUT2D eigenvalue weighted by molar-refractivity contribution is 7.89. The van der Waals surface area contributed by atoms with Gasteiger partial charge in [0.1, 0.15) is 17.3 Å². The highest BCUT2D eigenvalue weighted by Crippen LogP contribution is 2.28. The molecule has 0 saturated carbocycles. The fourth-order valence-corrected chi connectivity index (χ4v) is 3.75. The molecule has 0 radical (unpaired) electrons. The van der Waals surface area contributed by atoms with Crippen molar-refractivity contribution in [3.8, 4) is 5.75 Å². The summed E-state index contributed by atoms with van der Waals surface area (Å²) in [4.78, 5) is -0.302. The fraction of sp³-hybridized carbons (Fsp3) is 0.600. The van der Waals surface area contributed by atoms with Crippen molar-refractivity contribution in [3.63, 3.8) is 0 Å². The summed E-state index contributed by atoms with van der Waals surface area (Å²) in [5.41, 5.74) is 4.91. The molecule has 1 saturated heterocycles. The van der Waals surface area contributed by atoms with Gasteiger partial charge in [0.2, 0.25) is 10.0 Å². The Labute approximate surface area is 150 Å². The molecule has 1 aromatic carbocycles. The standard InChI is InChI=1S/C15H21ClF2N2O4S/c16-11-4-5-13(24-8-12-3-1-2-6-23-12)14(7-11)25(21,22)20-10-15(17,18)9-19/h4-5,7,12,20H,1-3,6,8-10,19H2. The summed E-state index contributed by atoms with van der Waals surface area (Å²) >= 11 is 5.85. The van der Waals surface area contributed by atoms with E-state index >= 15 is 0 Å². The van der Waals surface area contributed by atoms with Crippen LogP contribution in [0.4, 0.5) is 8.78 Å². The van der Waals surface area contributed by atoms with E-state index in [1.165, 1.54) is 12.1 Å². The number of hydrogen-bond donors (Lipinski definition) is 2. The lowest BCUT2D eigenvalue weighted by Crippen LogP contribution is -2.41. The van der Waals surface area contributed by atoms with Crippen molar-refractivity contribution >= 4 is 21.6 Å². The predicted octanol–water partition coefficient (Wildman–Crippen LogP) is 2.16. The van der Waals surface area contributed by atoms with Gasteiger partial charge in [0, 0.05) is 11.6 Å². The summed E-state index contributed by atoms with van der Waals surface area (Å²) in [6.07, 6.45) is 2.68. The van der Waals surface area contributed by atoms with E-state index in [1.54, 1.807) is 0 Å². The molecule has 2 rings (SSSR count). The molecule has 10 heteroatoms. The van der Waals surface area contributed by atoms with Crippen LogP contribution in [0, 0.1) is 0 Å². The number of alkyl halides is 2. The van der Waals surface area contributed by atoms with Crippen LogP contribution in [0.3, 0.4) is 0 Å². The first-order valence-electron chi connectivity index (χ1n) is 7.85. The molecule has 25 heavy (non-hydrogen) atoms. The van der Waals surface area contributed by atoms with Gasteiger partial charge < -0.3 is 15.2 Å². The molecule has 1 unspecified atom stereocenters. The van der Waals surface area contributed by atoms with Gasteiger partial charge in [-0.25, -0.2) is 21.9 Å². The van der Waals surface area contributed by atoms with Gasteiger partial charge in [0.05, 0.1) is 19.2 Å². The maximum Gasteiger partial charge on any atom is 0.273 e. The van der Waals surface area contributed by atoms with Crippen LogP contribution in [-0.2, 0) is 14.8 Å². The van der Waals surface area contributed by atoms with Crippen molar-refractivity contribution in [1.82, 2.24) is 4.72 Å². The second-order valence-corrected chi connectivity index (χ2v) is 7.95. The molecule has 0 bridgehead atoms. The zero-order valence-electron chi connectivity index (χ0n) is 13.5. The Hall–Kier alpha value is -1.00. The SMILES string of the molecule is NCC(F)(F)CNS(=O)(=O)c1cc(Cl)ccc1OCC1CCCCO1. The zero-order valence-corrected chi connectivity index (χ0v) is 15.1. The molecule has 142 valence electrons. The first-order valence-corrected chi connectivity index (χ1v) is 9.71. The molecule has 0 aromatic heterocycles. The number of ether oxygens (including phenoxy) is 2. The van der Waals surface area contributed by atoms with E-state index in [1.807, 2.05) is 4.72 Å². The van der Waals surface area contributed by atoms with E-state index in [-0.39, 0.29) is 28.4 Å². The van der Waals surface area contributed by atoms with Crippen LogP contribution in [0.1, 0.15) is 19.3 Å². The number of rotatable bonds is 8. The number of halogens is 3. The van der Waals surface area contributed by atoms with E-state index in [0.29, 0.717) is 6.61 Å². The predicted molar refractivity (Wildman–Crippen MR) is 89.7 cm³/mol. The van der Waals surface area contributed by atoms with Crippen molar-refractivity contribution in [1.29, 1.82) is 0 Å². The minimum absolute atomic E-state index is 0.0298. The summed E-state index contributed by atoms with van der Waals surface area (Å²) in [6, 6.07) is 4.01. The molecule has 1 aliphatic rings. The third-order valence-corrected chi connectivity index (χ3v) is 5.37. The van der Waals surface area contributed by atoms with Crippen molar-refractivity contribution in [2.24, 2.45) is 5.73 Å². The van der Waals surface area contributed by atoms with E-state index in [0.717, 1.165) is 25.3 Å². The Morgan fingerprint density at radius 1 is 1.40 bits per heavy atom. The Morgan fingerprint density at radius 2 is 2.16 bits per heavy atom. The van der Waals surface area contributed by atoms with Gasteiger partial charge in [-0.05, 0) is 37.5 Å². The van der Waals surface area contributed by atoms with Crippen LogP contribution >= 0.6 is 11.6 Å². The molecule has 6 nitrogen and oxygen atoms in total. The molecule has 1 atom stereocenters. The fourth-order valence-electron chi connectivity index (χ4n) is 2.28. The molecular formula is C15H21ClF2N2O4S. The lowest BCUT2D eigenvalue weighted by Gasteiger charge is -2.23. The molecule has 1 aliphatic heterocycles. The van der Waals surface area contributed by atoms with E-state index < -0.39 is 29.0 Å². The monoisotopic (exact) mass is 398 g/mol. The van der Waals surface area contributed by atoms with Gasteiger partial charge >= 0.3 is 0 Å². The summed E-state index contributed by atoms with van der Waals surface area (Å²) in [6.45, 7) is -1.27. The smallest absolute Gasteiger partial charge is 0.273 e. The second kappa shape index (κ2) is 8.59. The minimum atomic E-state index is -4.25. The molecule has 1 aromatic rings. The van der Waals surface area contributed by atoms with Crippen LogP contribution in [0.2, 0.25) is 5.02 Å². The average molecular weight is 399 g/mol. The molecule has 0 amide bonds. The van der Waals surface area contributed by atoms with Crippen LogP contribution in [0.25, 0.3) is 0 Å². The summed E-state index contributed by atoms with van der Waals surface area (Å²) in [5.74, 6) is -3.31. The molecule has 0 spiro atoms. The first kappa shape index (κ1) is 20.3. The number of sulfonamides is 1. The van der Waals surface area contributed by atoms with Crippen molar-refractivity contribution < 1.29 is 26.7 Å². The molecule has 3 N–H and O–H groups in total. The summed E-state index contributed by atoms with van der Waals surface area (Å²) in [5, 5.41) is 0.146. The van der Waals surface area contributed by atoms with E-state index in [2.05, 4.69) is 0 Å². The Kier molecular flexibility index (Phi) is 6.98. The van der Waals surface area contributed by atoms with Gasteiger partial charge in [-0.3, -0.25) is 0 Å². The maximum atomic E-state index is 13.2. The third kappa shape index (κ3) is 6.03. The Morgan fingerprint density at radius 3 is 2.80 bits per heavy atom. The molecule has 1 fully saturated rings. The van der Waals surface area contributed by atoms with Crippen LogP contribution in [0.5, 0.6) is 5.75 Å². The third-order valence-electron chi connectivity index (χ3n) is 3.71. The zero-order chi connectivity index (χ0) is 18.5. The van der Waals surface area contributed by atoms with Gasteiger partial charge in [-0.1, -0.05) is 11.6 Å². The molecule has 1 heterocycles. The number of hydrogen-bond acceptors (Lipinski definition) is 5. The molecule has 0 aliphatic carbocycles. The minimum Gasteiger partial charge on any atom is -0.489 e. The Bertz CT molecular complexity index is 682. The van der Waals surface area contributed by atoms with Crippen molar-refractivity contribution in [3.05, 3.63) is 23.2 Å². The number of benzene rings is 1. The van der Waals surface area contributed by atoms with Crippen molar-refractivity contribution in [2.45, 2.75) is 36.2 Å². The maximum absolute atomic E-state index is 13.2. The number of nitrogens with two attached hydrogens (primary N) is 1. The highest BCUT2D eigenvalue weighted by atomic mass is 35.5. The van der Waals surface area contributed by atoms with E-state index in [9.17, 15) is 17.2 Å². The largest absolute Gasteiger partial charge is 0.489 e. The van der Waals surface area contributed by atoms with Gasteiger partial charge in [0.15, 0.2) is 0 Å². The van der Waals surface area contributed by atoms with Gasteiger partial charge in [-0.2, -0.15) is 0 Å². The van der Waals surface area contributed by atoms with Crippen molar-refractivity contribution in [2.75, 3.05) is 26.3 Å². The summed E-state index contributed by atoms with van der Waals surface area (Å²) in [7, 11) is -4.25. The van der Waals surface area contributed by atoms with Crippen LogP contribution in [-0.4, -0.2) is 46.7 Å². The van der Waals surface area contributed by atoms with E-state index in [4.69, 9.17) is 26.8 Å². The lowest BCUT2D eigenvalue weighted by molar-refractivity contribution is -0.0116. The normalized spacial score (nSPS) is 19.0.